The highest BCUT2D eigenvalue weighted by molar-refractivity contribution is 8.15. The molecule has 2 fully saturated rings. The van der Waals surface area contributed by atoms with Gasteiger partial charge in [-0.3, -0.25) is 14.5 Å². The third-order valence-corrected chi connectivity index (χ3v) is 6.94. The first kappa shape index (κ1) is 23.3. The minimum absolute atomic E-state index is 0.000451. The fourth-order valence-corrected chi connectivity index (χ4v) is 5.11. The van der Waals surface area contributed by atoms with Crippen molar-refractivity contribution in [2.24, 2.45) is 4.99 Å². The Balaban J connectivity index is 1.54. The van der Waals surface area contributed by atoms with Gasteiger partial charge in [0.1, 0.15) is 11.0 Å². The van der Waals surface area contributed by atoms with E-state index in [0.29, 0.717) is 29.8 Å². The van der Waals surface area contributed by atoms with Crippen LogP contribution in [0.3, 0.4) is 0 Å². The SMILES string of the molecule is COc1ccccc1NC(=O)CC1SC(=Nc2cc(C)ccc2C)N(CC2CCCO2)C1=O. The molecule has 2 aliphatic rings. The Morgan fingerprint density at radius 1 is 1.27 bits per heavy atom. The Hall–Kier alpha value is -2.84. The molecule has 0 radical (unpaired) electrons. The Morgan fingerprint density at radius 3 is 2.85 bits per heavy atom. The number of hydrogen-bond acceptors (Lipinski definition) is 6. The molecule has 7 nitrogen and oxygen atoms in total. The molecule has 8 heteroatoms. The molecule has 2 aromatic carbocycles. The predicted molar refractivity (Wildman–Crippen MR) is 131 cm³/mol. The van der Waals surface area contributed by atoms with Gasteiger partial charge in [-0.15, -0.1) is 0 Å². The largest absolute Gasteiger partial charge is 0.495 e. The average Bonchev–Trinajstić information content (AvgIpc) is 3.41. The van der Waals surface area contributed by atoms with E-state index in [1.807, 2.05) is 44.2 Å². The number of hydrogen-bond donors (Lipinski definition) is 1. The number of para-hydroxylation sites is 2. The fourth-order valence-electron chi connectivity index (χ4n) is 3.95. The smallest absolute Gasteiger partial charge is 0.242 e. The molecule has 4 rings (SSSR count). The van der Waals surface area contributed by atoms with Crippen LogP contribution in [0.25, 0.3) is 0 Å². The van der Waals surface area contributed by atoms with Gasteiger partial charge in [0.05, 0.1) is 31.1 Å². The van der Waals surface area contributed by atoms with E-state index in [1.54, 1.807) is 24.1 Å². The number of nitrogens with zero attached hydrogens (tertiary/aromatic N) is 2. The zero-order valence-corrected chi connectivity index (χ0v) is 20.0. The van der Waals surface area contributed by atoms with Crippen molar-refractivity contribution in [3.05, 3.63) is 53.6 Å². The molecule has 0 aromatic heterocycles. The van der Waals surface area contributed by atoms with E-state index in [2.05, 4.69) is 5.32 Å². The van der Waals surface area contributed by atoms with E-state index in [4.69, 9.17) is 14.5 Å². The molecule has 1 N–H and O–H groups in total. The van der Waals surface area contributed by atoms with Gasteiger partial charge in [0, 0.05) is 13.0 Å². The highest BCUT2D eigenvalue weighted by Crippen LogP contribution is 2.34. The number of aliphatic imine (C=N–C) groups is 1. The molecule has 2 saturated heterocycles. The van der Waals surface area contributed by atoms with Crippen molar-refractivity contribution in [3.63, 3.8) is 0 Å². The van der Waals surface area contributed by atoms with E-state index in [1.165, 1.54) is 11.8 Å². The lowest BCUT2D eigenvalue weighted by atomic mass is 10.1. The molecular formula is C25H29N3O4S. The van der Waals surface area contributed by atoms with E-state index < -0.39 is 5.25 Å². The molecule has 2 unspecified atom stereocenters. The van der Waals surface area contributed by atoms with Crippen LogP contribution in [0, 0.1) is 13.8 Å². The average molecular weight is 468 g/mol. The van der Waals surface area contributed by atoms with Crippen molar-refractivity contribution in [2.45, 2.75) is 44.5 Å². The number of aryl methyl sites for hydroxylation is 2. The van der Waals surface area contributed by atoms with Gasteiger partial charge >= 0.3 is 0 Å². The number of rotatable bonds is 7. The highest BCUT2D eigenvalue weighted by atomic mass is 32.2. The topological polar surface area (TPSA) is 80.2 Å². The Bertz CT molecular complexity index is 1070. The molecule has 0 spiro atoms. The van der Waals surface area contributed by atoms with Crippen molar-refractivity contribution < 1.29 is 19.1 Å². The van der Waals surface area contributed by atoms with Gasteiger partial charge in [-0.1, -0.05) is 36.0 Å². The van der Waals surface area contributed by atoms with Gasteiger partial charge < -0.3 is 14.8 Å². The van der Waals surface area contributed by atoms with Gasteiger partial charge in [0.15, 0.2) is 5.17 Å². The number of methoxy groups -OCH3 is 1. The fraction of sp³-hybridized carbons (Fsp3) is 0.400. The number of amidine groups is 1. The van der Waals surface area contributed by atoms with Crippen molar-refractivity contribution >= 4 is 40.1 Å². The van der Waals surface area contributed by atoms with Crippen molar-refractivity contribution in [2.75, 3.05) is 25.6 Å². The van der Waals surface area contributed by atoms with Gasteiger partial charge in [0.25, 0.3) is 0 Å². The van der Waals surface area contributed by atoms with E-state index in [-0.39, 0.29) is 24.3 Å². The van der Waals surface area contributed by atoms with Gasteiger partial charge in [-0.2, -0.15) is 0 Å². The Morgan fingerprint density at radius 2 is 2.09 bits per heavy atom. The normalized spacial score (nSPS) is 21.6. The van der Waals surface area contributed by atoms with Crippen LogP contribution in [0.5, 0.6) is 5.75 Å². The maximum absolute atomic E-state index is 13.3. The molecule has 2 amide bonds. The number of anilines is 1. The van der Waals surface area contributed by atoms with Gasteiger partial charge in [-0.05, 0) is 56.0 Å². The number of thioether (sulfide) groups is 1. The molecule has 33 heavy (non-hydrogen) atoms. The zero-order valence-electron chi connectivity index (χ0n) is 19.2. The maximum Gasteiger partial charge on any atom is 0.242 e. The standard InChI is InChI=1S/C25H29N3O4S/c1-16-10-11-17(2)20(13-16)27-25-28(15-18-7-6-12-32-18)24(30)22(33-25)14-23(29)26-19-8-4-5-9-21(19)31-3/h4-5,8-11,13,18,22H,6-7,12,14-15H2,1-3H3,(H,26,29). The molecule has 2 heterocycles. The molecule has 0 saturated carbocycles. The van der Waals surface area contributed by atoms with Crippen molar-refractivity contribution in [1.82, 2.24) is 4.90 Å². The molecule has 2 aromatic rings. The third kappa shape index (κ3) is 5.57. The van der Waals surface area contributed by atoms with Crippen LogP contribution in [0.4, 0.5) is 11.4 Å². The number of benzene rings is 2. The van der Waals surface area contributed by atoms with Crippen LogP contribution >= 0.6 is 11.8 Å². The Labute approximate surface area is 198 Å². The molecular weight excluding hydrogens is 438 g/mol. The zero-order chi connectivity index (χ0) is 23.4. The molecule has 0 bridgehead atoms. The quantitative estimate of drug-likeness (QED) is 0.651. The van der Waals surface area contributed by atoms with Gasteiger partial charge in [0.2, 0.25) is 11.8 Å². The van der Waals surface area contributed by atoms with Crippen LogP contribution in [0.2, 0.25) is 0 Å². The predicted octanol–water partition coefficient (Wildman–Crippen LogP) is 4.45. The number of amides is 2. The second kappa shape index (κ2) is 10.4. The summed E-state index contributed by atoms with van der Waals surface area (Å²) in [7, 11) is 1.56. The number of ether oxygens (including phenoxy) is 2. The molecule has 174 valence electrons. The molecule has 2 atom stereocenters. The highest BCUT2D eigenvalue weighted by Gasteiger charge is 2.40. The lowest BCUT2D eigenvalue weighted by Gasteiger charge is -2.20. The Kier molecular flexibility index (Phi) is 7.35. The van der Waals surface area contributed by atoms with Crippen LogP contribution in [0.15, 0.2) is 47.5 Å². The summed E-state index contributed by atoms with van der Waals surface area (Å²) in [5.74, 6) is 0.235. The molecule has 0 aliphatic carbocycles. The van der Waals surface area contributed by atoms with Crippen molar-refractivity contribution in [3.8, 4) is 5.75 Å². The minimum Gasteiger partial charge on any atom is -0.495 e. The first-order chi connectivity index (χ1) is 15.9. The van der Waals surface area contributed by atoms with E-state index in [0.717, 1.165) is 29.7 Å². The second-order valence-electron chi connectivity index (χ2n) is 8.33. The monoisotopic (exact) mass is 467 g/mol. The van der Waals surface area contributed by atoms with Crippen LogP contribution in [0.1, 0.15) is 30.4 Å². The van der Waals surface area contributed by atoms with Gasteiger partial charge in [-0.25, -0.2) is 4.99 Å². The molecule has 2 aliphatic heterocycles. The summed E-state index contributed by atoms with van der Waals surface area (Å²) < 4.78 is 11.1. The van der Waals surface area contributed by atoms with Crippen molar-refractivity contribution in [1.29, 1.82) is 0 Å². The number of nitrogens with one attached hydrogen (secondary N) is 1. The summed E-state index contributed by atoms with van der Waals surface area (Å²) in [4.78, 5) is 32.6. The lowest BCUT2D eigenvalue weighted by molar-refractivity contribution is -0.129. The second-order valence-corrected chi connectivity index (χ2v) is 9.50. The number of carbonyl (C=O) groups excluding carboxylic acids is 2. The summed E-state index contributed by atoms with van der Waals surface area (Å²) in [6.45, 7) is 5.20. The first-order valence-corrected chi connectivity index (χ1v) is 12.0. The third-order valence-electron chi connectivity index (χ3n) is 5.76. The van der Waals surface area contributed by atoms with Crippen LogP contribution < -0.4 is 10.1 Å². The van der Waals surface area contributed by atoms with Crippen LogP contribution in [-0.4, -0.2) is 53.5 Å². The summed E-state index contributed by atoms with van der Waals surface area (Å²) in [5.41, 5.74) is 3.56. The summed E-state index contributed by atoms with van der Waals surface area (Å²) in [5, 5.41) is 2.95. The number of carbonyl (C=O) groups is 2. The first-order valence-electron chi connectivity index (χ1n) is 11.1. The van der Waals surface area contributed by atoms with Crippen LogP contribution in [-0.2, 0) is 14.3 Å². The minimum atomic E-state index is -0.537. The maximum atomic E-state index is 13.3. The van der Waals surface area contributed by atoms with E-state index >= 15 is 0 Å². The lowest BCUT2D eigenvalue weighted by Crippen LogP contribution is -2.38. The van der Waals surface area contributed by atoms with E-state index in [9.17, 15) is 9.59 Å². The summed E-state index contributed by atoms with van der Waals surface area (Å²) in [6, 6.07) is 13.3. The summed E-state index contributed by atoms with van der Waals surface area (Å²) >= 11 is 1.35. The summed E-state index contributed by atoms with van der Waals surface area (Å²) in [6.07, 6.45) is 1.97.